The summed E-state index contributed by atoms with van der Waals surface area (Å²) in [5, 5.41) is 4.37. The number of para-hydroxylation sites is 2. The third kappa shape index (κ3) is 6.32. The molecule has 13 rings (SSSR count). The Morgan fingerprint density at radius 3 is 1.25 bits per heavy atom. The highest BCUT2D eigenvalue weighted by Gasteiger charge is 2.49. The quantitative estimate of drug-likeness (QED) is 0.164. The van der Waals surface area contributed by atoms with Crippen molar-refractivity contribution >= 4 is 101 Å². The van der Waals surface area contributed by atoms with Crippen LogP contribution in [0.15, 0.2) is 176 Å². The Hall–Kier alpha value is -7.64. The lowest BCUT2D eigenvalue weighted by Crippen LogP contribution is -2.61. The Balaban J connectivity index is 1.15. The SMILES string of the molecule is CC(C)(C)c1cc2c3c(c1)N(c1cccc(-c4coc5ccccc45)c1)c1oc4ccc(C(C)(C)C)cc4c1B3c1c(oc3ccc(C(C)(C)C)cc13)N2c1cccc(-c2coc3ccccc23)c1. The largest absolute Gasteiger partial charge is 0.464 e. The van der Waals surface area contributed by atoms with Gasteiger partial charge in [-0.2, -0.15) is 0 Å². The van der Waals surface area contributed by atoms with Gasteiger partial charge in [-0.25, -0.2) is 0 Å². The molecule has 0 saturated heterocycles. The van der Waals surface area contributed by atoms with Crippen molar-refractivity contribution in [3.05, 3.63) is 175 Å². The molecule has 0 aliphatic carbocycles. The lowest BCUT2D eigenvalue weighted by Gasteiger charge is -2.41. The molecular formula is C62H53BN2O4. The van der Waals surface area contributed by atoms with Crippen LogP contribution in [0.1, 0.15) is 79.0 Å². The zero-order chi connectivity index (χ0) is 47.3. The second kappa shape index (κ2) is 14.4. The predicted octanol–water partition coefficient (Wildman–Crippen LogP) is 16.0. The van der Waals surface area contributed by atoms with Crippen molar-refractivity contribution < 1.29 is 17.7 Å². The minimum atomic E-state index is -0.239. The van der Waals surface area contributed by atoms with Crippen molar-refractivity contribution in [1.29, 1.82) is 0 Å². The molecule has 6 heterocycles. The average Bonchev–Trinajstić information content (AvgIpc) is 4.13. The molecule has 7 aromatic carbocycles. The molecule has 0 unspecified atom stereocenters. The Labute approximate surface area is 402 Å². The fourth-order valence-corrected chi connectivity index (χ4v) is 10.9. The van der Waals surface area contributed by atoms with Crippen LogP contribution in [-0.2, 0) is 16.2 Å². The first kappa shape index (κ1) is 41.5. The average molecular weight is 901 g/mol. The molecule has 0 bridgehead atoms. The number of nitrogens with zero attached hydrogens (tertiary/aromatic N) is 2. The minimum absolute atomic E-state index is 0.0944. The van der Waals surface area contributed by atoms with E-state index in [0.717, 1.165) is 112 Å². The normalized spacial score (nSPS) is 13.8. The number of benzene rings is 7. The second-order valence-electron chi connectivity index (χ2n) is 22.2. The molecule has 338 valence electrons. The summed E-state index contributed by atoms with van der Waals surface area (Å²) in [6.45, 7) is 20.4. The number of rotatable bonds is 4. The summed E-state index contributed by atoms with van der Waals surface area (Å²) in [5.41, 5.74) is 18.6. The van der Waals surface area contributed by atoms with Gasteiger partial charge < -0.3 is 17.7 Å². The summed E-state index contributed by atoms with van der Waals surface area (Å²) in [7, 11) is 0. The summed E-state index contributed by atoms with van der Waals surface area (Å²) in [6, 6.07) is 52.6. The van der Waals surface area contributed by atoms with Crippen LogP contribution in [0.25, 0.3) is 66.1 Å². The third-order valence-corrected chi connectivity index (χ3v) is 14.7. The predicted molar refractivity (Wildman–Crippen MR) is 287 cm³/mol. The van der Waals surface area contributed by atoms with Crippen molar-refractivity contribution in [2.24, 2.45) is 0 Å². The topological polar surface area (TPSA) is 59.0 Å². The molecule has 69 heavy (non-hydrogen) atoms. The molecule has 0 radical (unpaired) electrons. The van der Waals surface area contributed by atoms with Crippen molar-refractivity contribution in [1.82, 2.24) is 0 Å². The smallest absolute Gasteiger partial charge is 0.262 e. The van der Waals surface area contributed by atoms with Crippen molar-refractivity contribution in [2.45, 2.75) is 78.6 Å². The van der Waals surface area contributed by atoms with Gasteiger partial charge in [0.25, 0.3) is 6.71 Å². The van der Waals surface area contributed by atoms with Crippen LogP contribution >= 0.6 is 0 Å². The Kier molecular flexibility index (Phi) is 8.70. The Morgan fingerprint density at radius 1 is 0.377 bits per heavy atom. The molecular weight excluding hydrogens is 848 g/mol. The maximum Gasteiger partial charge on any atom is 0.262 e. The molecule has 7 heteroatoms. The van der Waals surface area contributed by atoms with Gasteiger partial charge >= 0.3 is 0 Å². The van der Waals surface area contributed by atoms with Gasteiger partial charge in [-0.15, -0.1) is 0 Å². The third-order valence-electron chi connectivity index (χ3n) is 14.7. The van der Waals surface area contributed by atoms with Crippen LogP contribution in [-0.4, -0.2) is 6.71 Å². The molecule has 6 nitrogen and oxygen atoms in total. The van der Waals surface area contributed by atoms with E-state index in [9.17, 15) is 0 Å². The maximum absolute atomic E-state index is 7.34. The molecule has 2 aliphatic heterocycles. The molecule has 4 aromatic heterocycles. The first-order valence-electron chi connectivity index (χ1n) is 24.2. The lowest BCUT2D eigenvalue weighted by molar-refractivity contribution is 0.588. The molecule has 0 amide bonds. The fourth-order valence-electron chi connectivity index (χ4n) is 10.9. The van der Waals surface area contributed by atoms with Crippen LogP contribution < -0.4 is 26.2 Å². The van der Waals surface area contributed by atoms with Gasteiger partial charge in [0.2, 0.25) is 11.8 Å². The van der Waals surface area contributed by atoms with Crippen LogP contribution in [0.3, 0.4) is 0 Å². The molecule has 11 aromatic rings. The minimum Gasteiger partial charge on any atom is -0.464 e. The molecule has 0 spiro atoms. The van der Waals surface area contributed by atoms with E-state index in [0.29, 0.717) is 0 Å². The summed E-state index contributed by atoms with van der Waals surface area (Å²) < 4.78 is 26.9. The van der Waals surface area contributed by atoms with Crippen LogP contribution in [0.2, 0.25) is 0 Å². The van der Waals surface area contributed by atoms with Gasteiger partial charge in [0.15, 0.2) is 0 Å². The van der Waals surface area contributed by atoms with Gasteiger partial charge in [0, 0.05) is 66.3 Å². The van der Waals surface area contributed by atoms with E-state index in [2.05, 4.69) is 193 Å². The van der Waals surface area contributed by atoms with E-state index in [1.54, 1.807) is 0 Å². The van der Waals surface area contributed by atoms with Gasteiger partial charge in [0.1, 0.15) is 22.3 Å². The summed E-state index contributed by atoms with van der Waals surface area (Å²) in [5.74, 6) is 1.63. The highest BCUT2D eigenvalue weighted by molar-refractivity contribution is 7.02. The zero-order valence-corrected chi connectivity index (χ0v) is 40.6. The number of hydrogen-bond donors (Lipinski definition) is 0. The highest BCUT2D eigenvalue weighted by Crippen LogP contribution is 2.50. The van der Waals surface area contributed by atoms with Crippen molar-refractivity contribution in [3.63, 3.8) is 0 Å². The number of furan rings is 4. The van der Waals surface area contributed by atoms with Gasteiger partial charge in [-0.3, -0.25) is 9.80 Å². The van der Waals surface area contributed by atoms with Gasteiger partial charge in [-0.1, -0.05) is 135 Å². The van der Waals surface area contributed by atoms with Crippen LogP contribution in [0.5, 0.6) is 0 Å². The molecule has 2 aliphatic rings. The Morgan fingerprint density at radius 2 is 0.812 bits per heavy atom. The second-order valence-corrected chi connectivity index (χ2v) is 22.2. The van der Waals surface area contributed by atoms with E-state index in [1.165, 1.54) is 22.2 Å². The van der Waals surface area contributed by atoms with Crippen molar-refractivity contribution in [3.8, 4) is 22.3 Å². The number of hydrogen-bond acceptors (Lipinski definition) is 6. The maximum atomic E-state index is 7.34. The first-order valence-corrected chi connectivity index (χ1v) is 24.2. The summed E-state index contributed by atoms with van der Waals surface area (Å²) in [6.07, 6.45) is 3.77. The summed E-state index contributed by atoms with van der Waals surface area (Å²) in [4.78, 5) is 4.78. The van der Waals surface area contributed by atoms with E-state index in [4.69, 9.17) is 17.7 Å². The van der Waals surface area contributed by atoms with E-state index >= 15 is 0 Å². The fraction of sp³-hybridized carbons (Fsp3) is 0.194. The van der Waals surface area contributed by atoms with Crippen LogP contribution in [0, 0.1) is 0 Å². The molecule has 0 fully saturated rings. The standard InChI is InChI=1S/C62H53BN2O4/c1-60(2,3)38-24-26-53-45(30-38)55-58(68-53)64(41-18-14-16-36(28-41)47-34-66-51-22-12-10-20-43(47)51)49-32-40(62(7,8)9)33-50-57(49)63(55)56-46-31-39(61(4,5)6)25-27-54(46)69-59(56)65(50)42-19-15-17-37(29-42)48-35-67-52-23-13-11-21-44(48)52/h10-35H,1-9H3. The Bertz CT molecular complexity index is 3650. The number of fused-ring (bicyclic) bond motifs is 10. The highest BCUT2D eigenvalue weighted by atomic mass is 16.4. The first-order chi connectivity index (χ1) is 33.1. The van der Waals surface area contributed by atoms with E-state index in [1.807, 2.05) is 36.8 Å². The molecule has 0 N–H and O–H groups in total. The van der Waals surface area contributed by atoms with E-state index < -0.39 is 0 Å². The lowest BCUT2D eigenvalue weighted by atomic mass is 9.33. The summed E-state index contributed by atoms with van der Waals surface area (Å²) >= 11 is 0. The molecule has 0 saturated carbocycles. The zero-order valence-electron chi connectivity index (χ0n) is 40.6. The van der Waals surface area contributed by atoms with Crippen LogP contribution in [0.4, 0.5) is 34.5 Å². The van der Waals surface area contributed by atoms with Gasteiger partial charge in [-0.05, 0) is 122 Å². The monoisotopic (exact) mass is 900 g/mol. The van der Waals surface area contributed by atoms with Crippen molar-refractivity contribution in [2.75, 3.05) is 9.80 Å². The molecule has 0 atom stereocenters. The van der Waals surface area contributed by atoms with Gasteiger partial charge in [0.05, 0.1) is 12.5 Å². The van der Waals surface area contributed by atoms with E-state index in [-0.39, 0.29) is 23.0 Å². The number of anilines is 6.